The van der Waals surface area contributed by atoms with E-state index in [1.165, 1.54) is 14.2 Å². The molecule has 1 saturated heterocycles. The van der Waals surface area contributed by atoms with Crippen molar-refractivity contribution in [2.24, 2.45) is 0 Å². The van der Waals surface area contributed by atoms with Crippen molar-refractivity contribution in [2.45, 2.75) is 12.2 Å². The summed E-state index contributed by atoms with van der Waals surface area (Å²) in [6, 6.07) is 5.41. The van der Waals surface area contributed by atoms with Crippen molar-refractivity contribution in [2.75, 3.05) is 35.2 Å². The molecule has 2 aromatic rings. The Hall–Kier alpha value is -2.65. The predicted molar refractivity (Wildman–Crippen MR) is 105 cm³/mol. The van der Waals surface area contributed by atoms with Gasteiger partial charge in [-0.25, -0.2) is 0 Å². The minimum absolute atomic E-state index is 0.0271. The summed E-state index contributed by atoms with van der Waals surface area (Å²) in [5.74, 6) is 2.25. The number of ketones is 1. The molecule has 2 aliphatic heterocycles. The summed E-state index contributed by atoms with van der Waals surface area (Å²) in [6.45, 7) is 0.0271. The number of carbonyl (C=O) groups is 1. The first-order chi connectivity index (χ1) is 14.0. The third kappa shape index (κ3) is 3.14. The van der Waals surface area contributed by atoms with Gasteiger partial charge < -0.3 is 33.2 Å². The van der Waals surface area contributed by atoms with Crippen LogP contribution in [-0.2, 0) is 4.74 Å². The maximum absolute atomic E-state index is 13.3. The van der Waals surface area contributed by atoms with Crippen LogP contribution in [0.5, 0.6) is 34.5 Å². The number of fused-ring (bicyclic) bond motifs is 1. The van der Waals surface area contributed by atoms with Crippen LogP contribution in [0.2, 0.25) is 0 Å². The zero-order valence-electron chi connectivity index (χ0n) is 16.2. The zero-order valence-corrected chi connectivity index (χ0v) is 17.8. The van der Waals surface area contributed by atoms with Gasteiger partial charge in [-0.3, -0.25) is 4.79 Å². The molecule has 0 N–H and O–H groups in total. The van der Waals surface area contributed by atoms with Crippen LogP contribution >= 0.6 is 15.9 Å². The van der Waals surface area contributed by atoms with Gasteiger partial charge in [-0.1, -0.05) is 6.07 Å². The summed E-state index contributed by atoms with van der Waals surface area (Å²) in [5, 5.41) is 0. The van der Waals surface area contributed by atoms with E-state index in [4.69, 9.17) is 33.2 Å². The van der Waals surface area contributed by atoms with Gasteiger partial charge in [0.2, 0.25) is 18.3 Å². The Bertz CT molecular complexity index is 974. The number of hydrogen-bond donors (Lipinski definition) is 0. The van der Waals surface area contributed by atoms with E-state index < -0.39 is 12.2 Å². The highest BCUT2D eigenvalue weighted by Crippen LogP contribution is 2.55. The summed E-state index contributed by atoms with van der Waals surface area (Å²) in [6.07, 6.45) is -1.08. The summed E-state index contributed by atoms with van der Waals surface area (Å²) in [4.78, 5) is 13.3. The molecule has 0 radical (unpaired) electrons. The van der Waals surface area contributed by atoms with Gasteiger partial charge in [0.15, 0.2) is 34.9 Å². The number of halogens is 1. The summed E-state index contributed by atoms with van der Waals surface area (Å²) < 4.78 is 38.6. The molecule has 4 rings (SSSR count). The van der Waals surface area contributed by atoms with Crippen LogP contribution in [0.15, 0.2) is 22.7 Å². The second kappa shape index (κ2) is 7.64. The van der Waals surface area contributed by atoms with E-state index in [1.807, 2.05) is 6.07 Å². The minimum Gasteiger partial charge on any atom is -0.493 e. The highest BCUT2D eigenvalue weighted by molar-refractivity contribution is 9.10. The summed E-state index contributed by atoms with van der Waals surface area (Å²) in [7, 11) is 6.05. The average molecular weight is 467 g/mol. The van der Waals surface area contributed by atoms with Crippen molar-refractivity contribution in [1.82, 2.24) is 0 Å². The van der Waals surface area contributed by atoms with Crippen molar-refractivity contribution in [3.8, 4) is 34.5 Å². The molecule has 8 nitrogen and oxygen atoms in total. The van der Waals surface area contributed by atoms with E-state index in [-0.39, 0.29) is 23.9 Å². The monoisotopic (exact) mass is 466 g/mol. The number of Topliss-reactive ketones (excluding diaryl/α,β-unsaturated/α-hetero) is 1. The van der Waals surface area contributed by atoms with E-state index in [0.29, 0.717) is 33.2 Å². The fourth-order valence-electron chi connectivity index (χ4n) is 3.38. The zero-order chi connectivity index (χ0) is 20.7. The molecule has 0 bridgehead atoms. The van der Waals surface area contributed by atoms with Crippen molar-refractivity contribution in [3.05, 3.63) is 33.8 Å². The van der Waals surface area contributed by atoms with Crippen LogP contribution in [0.25, 0.3) is 0 Å². The van der Waals surface area contributed by atoms with Gasteiger partial charge >= 0.3 is 0 Å². The lowest BCUT2D eigenvalue weighted by molar-refractivity contribution is 0.0948. The maximum Gasteiger partial charge on any atom is 0.231 e. The lowest BCUT2D eigenvalue weighted by Gasteiger charge is -2.15. The Labute approximate surface area is 175 Å². The van der Waals surface area contributed by atoms with E-state index in [9.17, 15) is 4.79 Å². The Morgan fingerprint density at radius 3 is 2.31 bits per heavy atom. The molecule has 29 heavy (non-hydrogen) atoms. The lowest BCUT2D eigenvalue weighted by Crippen LogP contribution is -2.12. The number of benzene rings is 2. The number of hydrogen-bond acceptors (Lipinski definition) is 8. The SMILES string of the molecule is COc1ccc(C2OC2C(=O)c2c(Br)c3c(c(OC)c2OC)OCO3)cc1OC. The normalized spacial score (nSPS) is 18.9. The van der Waals surface area contributed by atoms with Crippen molar-refractivity contribution >= 4 is 21.7 Å². The molecule has 0 aliphatic carbocycles. The molecule has 2 aliphatic rings. The van der Waals surface area contributed by atoms with Crippen LogP contribution in [0.1, 0.15) is 22.0 Å². The number of carbonyl (C=O) groups excluding carboxylic acids is 1. The van der Waals surface area contributed by atoms with Crippen molar-refractivity contribution in [3.63, 3.8) is 0 Å². The first kappa shape index (κ1) is 19.7. The first-order valence-corrected chi connectivity index (χ1v) is 9.49. The Balaban J connectivity index is 1.69. The Morgan fingerprint density at radius 1 is 0.966 bits per heavy atom. The molecule has 1 fully saturated rings. The summed E-state index contributed by atoms with van der Waals surface area (Å²) >= 11 is 3.45. The molecule has 2 atom stereocenters. The molecule has 0 spiro atoms. The molecule has 2 unspecified atom stereocenters. The fraction of sp³-hybridized carbons (Fsp3) is 0.350. The quantitative estimate of drug-likeness (QED) is 0.452. The van der Waals surface area contributed by atoms with Gasteiger partial charge in [0.05, 0.1) is 38.5 Å². The highest BCUT2D eigenvalue weighted by atomic mass is 79.9. The van der Waals surface area contributed by atoms with Gasteiger partial charge in [-0.15, -0.1) is 0 Å². The van der Waals surface area contributed by atoms with Crippen LogP contribution in [0, 0.1) is 0 Å². The molecule has 0 aromatic heterocycles. The Kier molecular flexibility index (Phi) is 5.18. The predicted octanol–water partition coefficient (Wildman–Crippen LogP) is 3.54. The van der Waals surface area contributed by atoms with E-state index in [1.54, 1.807) is 26.4 Å². The van der Waals surface area contributed by atoms with E-state index >= 15 is 0 Å². The highest BCUT2D eigenvalue weighted by Gasteiger charge is 2.49. The number of methoxy groups -OCH3 is 4. The number of epoxide rings is 1. The van der Waals surface area contributed by atoms with Crippen LogP contribution in [0.3, 0.4) is 0 Å². The van der Waals surface area contributed by atoms with Crippen LogP contribution in [-0.4, -0.2) is 47.1 Å². The first-order valence-electron chi connectivity index (χ1n) is 8.70. The number of rotatable bonds is 7. The lowest BCUT2D eigenvalue weighted by atomic mass is 10.0. The third-order valence-electron chi connectivity index (χ3n) is 4.81. The van der Waals surface area contributed by atoms with Crippen molar-refractivity contribution < 1.29 is 38.0 Å². The van der Waals surface area contributed by atoms with Gasteiger partial charge in [0.1, 0.15) is 6.10 Å². The molecule has 154 valence electrons. The second-order valence-electron chi connectivity index (χ2n) is 6.28. The Morgan fingerprint density at radius 2 is 1.66 bits per heavy atom. The molecule has 2 aromatic carbocycles. The van der Waals surface area contributed by atoms with E-state index in [2.05, 4.69) is 15.9 Å². The molecule has 2 heterocycles. The third-order valence-corrected chi connectivity index (χ3v) is 5.57. The number of ether oxygens (including phenoxy) is 7. The average Bonchev–Trinajstić information content (AvgIpc) is 3.40. The van der Waals surface area contributed by atoms with Crippen molar-refractivity contribution in [1.29, 1.82) is 0 Å². The van der Waals surface area contributed by atoms with Gasteiger partial charge in [0, 0.05) is 0 Å². The molecule has 0 amide bonds. The van der Waals surface area contributed by atoms with E-state index in [0.717, 1.165) is 5.56 Å². The minimum atomic E-state index is -0.677. The van der Waals surface area contributed by atoms with Crippen LogP contribution < -0.4 is 28.4 Å². The summed E-state index contributed by atoms with van der Waals surface area (Å²) in [5.41, 5.74) is 1.09. The largest absolute Gasteiger partial charge is 0.493 e. The van der Waals surface area contributed by atoms with Gasteiger partial charge in [-0.05, 0) is 33.6 Å². The molecular formula is C20H19BrO8. The molecule has 0 saturated carbocycles. The van der Waals surface area contributed by atoms with Crippen LogP contribution in [0.4, 0.5) is 0 Å². The molecular weight excluding hydrogens is 448 g/mol. The van der Waals surface area contributed by atoms with Gasteiger partial charge in [-0.2, -0.15) is 0 Å². The smallest absolute Gasteiger partial charge is 0.231 e. The second-order valence-corrected chi connectivity index (χ2v) is 7.07. The fourth-order valence-corrected chi connectivity index (χ4v) is 4.05. The van der Waals surface area contributed by atoms with Gasteiger partial charge in [0.25, 0.3) is 0 Å². The maximum atomic E-state index is 13.3. The standard InChI is InChI=1S/C20H19BrO8/c1-23-10-6-5-9(7-11(10)24-2)15-18(29-15)14(22)12-13(21)17-20(28-8-27-17)19(26-4)16(12)25-3/h5-7,15,18H,8H2,1-4H3. The topological polar surface area (TPSA) is 85.0 Å². The molecule has 9 heteroatoms.